The highest BCUT2D eigenvalue weighted by Gasteiger charge is 2.22. The average Bonchev–Trinajstić information content (AvgIpc) is 2.14. The minimum Gasteiger partial charge on any atom is -0.508 e. The summed E-state index contributed by atoms with van der Waals surface area (Å²) in [6.45, 7) is 0. The van der Waals surface area contributed by atoms with Crippen molar-refractivity contribution < 1.29 is 14.6 Å². The predicted octanol–water partition coefficient (Wildman–Crippen LogP) is 2.09. The molecule has 0 amide bonds. The van der Waals surface area contributed by atoms with Crippen LogP contribution in [0, 0.1) is 0 Å². The highest BCUT2D eigenvalue weighted by atomic mass is 79.9. The quantitative estimate of drug-likeness (QED) is 0.810. The van der Waals surface area contributed by atoms with Crippen LogP contribution in [-0.2, 0) is 9.53 Å². The maximum absolute atomic E-state index is 11.2. The molecule has 0 saturated carbocycles. The summed E-state index contributed by atoms with van der Waals surface area (Å²) in [5, 5.41) is 9.64. The minimum atomic E-state index is -1.00. The summed E-state index contributed by atoms with van der Waals surface area (Å²) >= 11 is 6.42. The minimum absolute atomic E-state index is 0.0610. The molecule has 0 bridgehead atoms. The van der Waals surface area contributed by atoms with E-state index in [1.54, 1.807) is 6.07 Å². The Balaban J connectivity index is 3.19. The normalized spacial score (nSPS) is 12.3. The van der Waals surface area contributed by atoms with Crippen molar-refractivity contribution in [2.75, 3.05) is 7.11 Å². The Bertz CT molecular complexity index is 372. The standard InChI is InChI=1S/C9H9Br2NO3/c1-15-9(14)8(12)7-5(11)2-4(10)3-6(7)13/h2-3,8,13H,12H2,1H3/t8-/m0/s1. The van der Waals surface area contributed by atoms with E-state index in [9.17, 15) is 9.90 Å². The third-order valence-corrected chi connectivity index (χ3v) is 2.95. The molecule has 0 spiro atoms. The largest absolute Gasteiger partial charge is 0.508 e. The van der Waals surface area contributed by atoms with Gasteiger partial charge in [0, 0.05) is 14.5 Å². The number of aromatic hydroxyl groups is 1. The van der Waals surface area contributed by atoms with Gasteiger partial charge in [0.15, 0.2) is 0 Å². The van der Waals surface area contributed by atoms with E-state index in [-0.39, 0.29) is 5.75 Å². The van der Waals surface area contributed by atoms with Crippen LogP contribution in [0.4, 0.5) is 0 Å². The smallest absolute Gasteiger partial charge is 0.327 e. The zero-order chi connectivity index (χ0) is 11.6. The number of phenolic OH excluding ortho intramolecular Hbond substituents is 1. The number of nitrogens with two attached hydrogens (primary N) is 1. The molecule has 0 fully saturated rings. The average molecular weight is 339 g/mol. The molecule has 0 unspecified atom stereocenters. The van der Waals surface area contributed by atoms with Gasteiger partial charge >= 0.3 is 5.97 Å². The lowest BCUT2D eigenvalue weighted by Crippen LogP contribution is -2.23. The van der Waals surface area contributed by atoms with Crippen molar-refractivity contribution in [3.05, 3.63) is 26.6 Å². The molecule has 15 heavy (non-hydrogen) atoms. The second-order valence-corrected chi connectivity index (χ2v) is 4.59. The van der Waals surface area contributed by atoms with Crippen molar-refractivity contribution >= 4 is 37.8 Å². The van der Waals surface area contributed by atoms with Gasteiger partial charge in [0.05, 0.1) is 7.11 Å². The first-order chi connectivity index (χ1) is 6.97. The van der Waals surface area contributed by atoms with Gasteiger partial charge in [-0.2, -0.15) is 0 Å². The second-order valence-electron chi connectivity index (χ2n) is 2.82. The molecule has 6 heteroatoms. The maximum Gasteiger partial charge on any atom is 0.327 e. The van der Waals surface area contributed by atoms with Crippen LogP contribution >= 0.6 is 31.9 Å². The lowest BCUT2D eigenvalue weighted by molar-refractivity contribution is -0.142. The fraction of sp³-hybridized carbons (Fsp3) is 0.222. The molecular formula is C9H9Br2NO3. The Morgan fingerprint density at radius 2 is 2.13 bits per heavy atom. The lowest BCUT2D eigenvalue weighted by Gasteiger charge is -2.13. The zero-order valence-electron chi connectivity index (χ0n) is 7.83. The van der Waals surface area contributed by atoms with Gasteiger partial charge in [-0.25, -0.2) is 0 Å². The van der Waals surface area contributed by atoms with E-state index in [0.717, 1.165) is 0 Å². The summed E-state index contributed by atoms with van der Waals surface area (Å²) < 4.78 is 5.74. The Hall–Kier alpha value is -0.590. The summed E-state index contributed by atoms with van der Waals surface area (Å²) in [4.78, 5) is 11.2. The van der Waals surface area contributed by atoms with Crippen LogP contribution in [0.3, 0.4) is 0 Å². The number of halogens is 2. The van der Waals surface area contributed by atoms with Gasteiger partial charge in [-0.05, 0) is 12.1 Å². The third-order valence-electron chi connectivity index (χ3n) is 1.84. The van der Waals surface area contributed by atoms with E-state index < -0.39 is 12.0 Å². The molecule has 82 valence electrons. The number of methoxy groups -OCH3 is 1. The van der Waals surface area contributed by atoms with Gasteiger partial charge < -0.3 is 15.6 Å². The van der Waals surface area contributed by atoms with Crippen LogP contribution in [0.15, 0.2) is 21.1 Å². The third kappa shape index (κ3) is 2.70. The maximum atomic E-state index is 11.2. The number of benzene rings is 1. The number of hydrogen-bond donors (Lipinski definition) is 2. The Labute approximate surface area is 104 Å². The number of phenols is 1. The van der Waals surface area contributed by atoms with Crippen molar-refractivity contribution in [1.82, 2.24) is 0 Å². The summed E-state index contributed by atoms with van der Waals surface area (Å²) in [6.07, 6.45) is 0. The number of carbonyl (C=O) groups is 1. The molecule has 1 rings (SSSR count). The molecule has 0 saturated heterocycles. The molecule has 0 aliphatic carbocycles. The van der Waals surface area contributed by atoms with E-state index in [0.29, 0.717) is 14.5 Å². The van der Waals surface area contributed by atoms with Gasteiger partial charge in [-0.3, -0.25) is 4.79 Å². The van der Waals surface area contributed by atoms with E-state index in [1.807, 2.05) is 0 Å². The van der Waals surface area contributed by atoms with Gasteiger partial charge in [-0.15, -0.1) is 0 Å². The van der Waals surface area contributed by atoms with E-state index in [2.05, 4.69) is 36.6 Å². The van der Waals surface area contributed by atoms with Crippen molar-refractivity contribution in [3.8, 4) is 5.75 Å². The topological polar surface area (TPSA) is 72.5 Å². The summed E-state index contributed by atoms with van der Waals surface area (Å²) in [5.74, 6) is -0.664. The fourth-order valence-corrected chi connectivity index (χ4v) is 2.57. The number of rotatable bonds is 2. The van der Waals surface area contributed by atoms with Crippen LogP contribution in [0.2, 0.25) is 0 Å². The zero-order valence-corrected chi connectivity index (χ0v) is 11.0. The van der Waals surface area contributed by atoms with Crippen LogP contribution < -0.4 is 5.73 Å². The van der Waals surface area contributed by atoms with E-state index >= 15 is 0 Å². The van der Waals surface area contributed by atoms with Gasteiger partial charge in [0.2, 0.25) is 0 Å². The van der Waals surface area contributed by atoms with Crippen LogP contribution in [0.25, 0.3) is 0 Å². The van der Waals surface area contributed by atoms with Gasteiger partial charge in [0.25, 0.3) is 0 Å². The number of esters is 1. The van der Waals surface area contributed by atoms with E-state index in [1.165, 1.54) is 13.2 Å². The second kappa shape index (κ2) is 4.96. The lowest BCUT2D eigenvalue weighted by atomic mass is 10.1. The fourth-order valence-electron chi connectivity index (χ4n) is 1.12. The highest BCUT2D eigenvalue weighted by molar-refractivity contribution is 9.11. The van der Waals surface area contributed by atoms with E-state index in [4.69, 9.17) is 5.73 Å². The first kappa shape index (κ1) is 12.5. The van der Waals surface area contributed by atoms with Crippen molar-refractivity contribution in [2.45, 2.75) is 6.04 Å². The molecule has 1 atom stereocenters. The molecule has 0 aromatic heterocycles. The summed E-state index contributed by atoms with van der Waals surface area (Å²) in [7, 11) is 1.24. The first-order valence-electron chi connectivity index (χ1n) is 3.98. The van der Waals surface area contributed by atoms with Gasteiger partial charge in [-0.1, -0.05) is 31.9 Å². The Morgan fingerprint density at radius 3 is 2.60 bits per heavy atom. The molecular weight excluding hydrogens is 330 g/mol. The first-order valence-corrected chi connectivity index (χ1v) is 5.57. The molecule has 1 aromatic carbocycles. The number of hydrogen-bond acceptors (Lipinski definition) is 4. The van der Waals surface area contributed by atoms with Crippen LogP contribution in [0.5, 0.6) is 5.75 Å². The summed E-state index contributed by atoms with van der Waals surface area (Å²) in [5.41, 5.74) is 5.93. The molecule has 0 heterocycles. The van der Waals surface area contributed by atoms with Gasteiger partial charge in [0.1, 0.15) is 11.8 Å². The Kier molecular flexibility index (Phi) is 4.12. The predicted molar refractivity (Wildman–Crippen MR) is 62.5 cm³/mol. The van der Waals surface area contributed by atoms with Crippen LogP contribution in [0.1, 0.15) is 11.6 Å². The number of carbonyl (C=O) groups excluding carboxylic acids is 1. The monoisotopic (exact) mass is 337 g/mol. The SMILES string of the molecule is COC(=O)[C@@H](N)c1c(O)cc(Br)cc1Br. The Morgan fingerprint density at radius 1 is 1.53 bits per heavy atom. The molecule has 0 aliphatic heterocycles. The molecule has 0 radical (unpaired) electrons. The van der Waals surface area contributed by atoms with Crippen molar-refractivity contribution in [3.63, 3.8) is 0 Å². The highest BCUT2D eigenvalue weighted by Crippen LogP contribution is 2.34. The molecule has 0 aliphatic rings. The molecule has 4 nitrogen and oxygen atoms in total. The van der Waals surface area contributed by atoms with Crippen molar-refractivity contribution in [2.24, 2.45) is 5.73 Å². The molecule has 1 aromatic rings. The van der Waals surface area contributed by atoms with Crippen LogP contribution in [-0.4, -0.2) is 18.2 Å². The molecule has 3 N–H and O–H groups in total. The number of ether oxygens (including phenoxy) is 1. The van der Waals surface area contributed by atoms with Crippen molar-refractivity contribution in [1.29, 1.82) is 0 Å². The summed E-state index contributed by atoms with van der Waals surface area (Å²) in [6, 6.07) is 2.15.